The van der Waals surface area contributed by atoms with Crippen LogP contribution in [0.1, 0.15) is 26.2 Å². The molecule has 3 atom stereocenters. The van der Waals surface area contributed by atoms with Crippen LogP contribution in [-0.2, 0) is 9.47 Å². The van der Waals surface area contributed by atoms with Crippen molar-refractivity contribution in [2.45, 2.75) is 37.6 Å². The fourth-order valence-electron chi connectivity index (χ4n) is 2.55. The number of rotatable bonds is 1. The summed E-state index contributed by atoms with van der Waals surface area (Å²) in [6.45, 7) is 2.64. The van der Waals surface area contributed by atoms with Crippen LogP contribution in [-0.4, -0.2) is 30.2 Å². The molecule has 1 heterocycles. The molecule has 2 aliphatic rings. The molecule has 1 aliphatic carbocycles. The molecule has 1 aliphatic heterocycles. The molecule has 70 valence electrons. The number of aliphatic hydroxyl groups is 1. The van der Waals surface area contributed by atoms with Gasteiger partial charge in [0.05, 0.1) is 6.61 Å². The Morgan fingerprint density at radius 3 is 2.83 bits per heavy atom. The van der Waals surface area contributed by atoms with Crippen molar-refractivity contribution in [1.29, 1.82) is 0 Å². The fraction of sp³-hybridized carbons (Fsp3) is 1.00. The zero-order valence-corrected chi connectivity index (χ0v) is 7.67. The summed E-state index contributed by atoms with van der Waals surface area (Å²) in [7, 11) is 1.62. The van der Waals surface area contributed by atoms with Crippen molar-refractivity contribution in [1.82, 2.24) is 0 Å². The maximum atomic E-state index is 10.3. The molecule has 3 nitrogen and oxygen atoms in total. The molecular formula is C9H16O3. The molecule has 1 saturated heterocycles. The lowest BCUT2D eigenvalue weighted by atomic mass is 9.86. The zero-order chi connectivity index (χ0) is 8.82. The van der Waals surface area contributed by atoms with Gasteiger partial charge >= 0.3 is 0 Å². The first-order valence-electron chi connectivity index (χ1n) is 4.56. The van der Waals surface area contributed by atoms with E-state index in [1.165, 1.54) is 0 Å². The van der Waals surface area contributed by atoms with E-state index in [-0.39, 0.29) is 5.92 Å². The van der Waals surface area contributed by atoms with E-state index in [1.54, 1.807) is 7.11 Å². The third-order valence-corrected chi connectivity index (χ3v) is 3.43. The molecule has 0 aromatic heterocycles. The molecule has 0 amide bonds. The van der Waals surface area contributed by atoms with Crippen LogP contribution >= 0.6 is 0 Å². The number of ether oxygens (including phenoxy) is 2. The Morgan fingerprint density at radius 1 is 1.50 bits per heavy atom. The number of hydrogen-bond donors (Lipinski definition) is 1. The fourth-order valence-corrected chi connectivity index (χ4v) is 2.55. The van der Waals surface area contributed by atoms with E-state index in [1.807, 2.05) is 6.92 Å². The summed E-state index contributed by atoms with van der Waals surface area (Å²) in [5.41, 5.74) is -0.734. The molecule has 0 radical (unpaired) electrons. The van der Waals surface area contributed by atoms with Crippen molar-refractivity contribution in [2.75, 3.05) is 13.7 Å². The highest BCUT2D eigenvalue weighted by Gasteiger charge is 2.63. The third-order valence-electron chi connectivity index (χ3n) is 3.43. The van der Waals surface area contributed by atoms with Gasteiger partial charge < -0.3 is 14.6 Å². The van der Waals surface area contributed by atoms with E-state index in [2.05, 4.69) is 0 Å². The second-order valence-corrected chi connectivity index (χ2v) is 3.95. The molecule has 1 N–H and O–H groups in total. The van der Waals surface area contributed by atoms with E-state index in [0.717, 1.165) is 19.3 Å². The SMILES string of the molecule is CO[C@]12CCC[C@]1(O)[C@H](C)CO2. The van der Waals surface area contributed by atoms with Gasteiger partial charge in [-0.1, -0.05) is 6.92 Å². The average Bonchev–Trinajstić information content (AvgIpc) is 2.50. The van der Waals surface area contributed by atoms with Crippen LogP contribution in [0.4, 0.5) is 0 Å². The van der Waals surface area contributed by atoms with Gasteiger partial charge in [0, 0.05) is 19.4 Å². The maximum Gasteiger partial charge on any atom is 0.197 e. The quantitative estimate of drug-likeness (QED) is 0.639. The number of hydrogen-bond acceptors (Lipinski definition) is 3. The first-order chi connectivity index (χ1) is 5.65. The van der Waals surface area contributed by atoms with E-state index in [0.29, 0.717) is 6.61 Å². The van der Waals surface area contributed by atoms with Crippen molar-refractivity contribution in [3.05, 3.63) is 0 Å². The molecular weight excluding hydrogens is 156 g/mol. The molecule has 12 heavy (non-hydrogen) atoms. The van der Waals surface area contributed by atoms with Gasteiger partial charge in [-0.25, -0.2) is 0 Å². The van der Waals surface area contributed by atoms with Gasteiger partial charge in [-0.3, -0.25) is 0 Å². The molecule has 2 rings (SSSR count). The van der Waals surface area contributed by atoms with Crippen LogP contribution in [0.25, 0.3) is 0 Å². The summed E-state index contributed by atoms with van der Waals surface area (Å²) < 4.78 is 10.9. The topological polar surface area (TPSA) is 38.7 Å². The highest BCUT2D eigenvalue weighted by atomic mass is 16.7. The molecule has 0 unspecified atom stereocenters. The van der Waals surface area contributed by atoms with Crippen LogP contribution < -0.4 is 0 Å². The summed E-state index contributed by atoms with van der Waals surface area (Å²) in [5.74, 6) is -0.494. The van der Waals surface area contributed by atoms with Gasteiger partial charge in [0.25, 0.3) is 0 Å². The molecule has 0 aromatic carbocycles. The maximum absolute atomic E-state index is 10.3. The van der Waals surface area contributed by atoms with Crippen LogP contribution in [0.15, 0.2) is 0 Å². The Morgan fingerprint density at radius 2 is 2.25 bits per heavy atom. The standard InChI is InChI=1S/C9H16O3/c1-7-6-12-9(11-2)5-3-4-8(7,9)10/h7,10H,3-6H2,1-2H3/t7-,8+,9+/m1/s1. The van der Waals surface area contributed by atoms with E-state index in [4.69, 9.17) is 9.47 Å². The predicted molar refractivity (Wildman–Crippen MR) is 43.7 cm³/mol. The summed E-state index contributed by atoms with van der Waals surface area (Å²) in [4.78, 5) is 0. The third kappa shape index (κ3) is 0.767. The van der Waals surface area contributed by atoms with E-state index in [9.17, 15) is 5.11 Å². The normalized spacial score (nSPS) is 52.8. The molecule has 0 aromatic rings. The van der Waals surface area contributed by atoms with Crippen LogP contribution in [0.3, 0.4) is 0 Å². The van der Waals surface area contributed by atoms with Gasteiger partial charge in [-0.2, -0.15) is 0 Å². The molecule has 2 fully saturated rings. The smallest absolute Gasteiger partial charge is 0.197 e. The van der Waals surface area contributed by atoms with Crippen molar-refractivity contribution >= 4 is 0 Å². The summed E-state index contributed by atoms with van der Waals surface area (Å²) in [6.07, 6.45) is 2.63. The van der Waals surface area contributed by atoms with Crippen molar-refractivity contribution in [3.8, 4) is 0 Å². The lowest BCUT2D eigenvalue weighted by molar-refractivity contribution is -0.256. The van der Waals surface area contributed by atoms with Crippen molar-refractivity contribution in [2.24, 2.45) is 5.92 Å². The lowest BCUT2D eigenvalue weighted by Crippen LogP contribution is -2.50. The second kappa shape index (κ2) is 2.44. The van der Waals surface area contributed by atoms with Crippen LogP contribution in [0, 0.1) is 5.92 Å². The Bertz CT molecular complexity index is 190. The summed E-state index contributed by atoms with van der Waals surface area (Å²) >= 11 is 0. The molecule has 0 spiro atoms. The predicted octanol–water partition coefficient (Wildman–Crippen LogP) is 0.910. The number of methoxy groups -OCH3 is 1. The van der Waals surface area contributed by atoms with Crippen LogP contribution in [0.2, 0.25) is 0 Å². The Labute approximate surface area is 72.7 Å². The molecule has 1 saturated carbocycles. The van der Waals surface area contributed by atoms with E-state index >= 15 is 0 Å². The van der Waals surface area contributed by atoms with Gasteiger partial charge in [-0.05, 0) is 12.8 Å². The lowest BCUT2D eigenvalue weighted by Gasteiger charge is -2.35. The van der Waals surface area contributed by atoms with E-state index < -0.39 is 11.4 Å². The molecule has 0 bridgehead atoms. The Kier molecular flexibility index (Phi) is 1.72. The molecule has 3 heteroatoms. The largest absolute Gasteiger partial charge is 0.384 e. The van der Waals surface area contributed by atoms with Gasteiger partial charge in [0.1, 0.15) is 5.60 Å². The van der Waals surface area contributed by atoms with Gasteiger partial charge in [0.2, 0.25) is 0 Å². The minimum absolute atomic E-state index is 0.194. The highest BCUT2D eigenvalue weighted by Crippen LogP contribution is 2.51. The minimum atomic E-state index is -0.734. The first-order valence-corrected chi connectivity index (χ1v) is 4.56. The van der Waals surface area contributed by atoms with Gasteiger partial charge in [0.15, 0.2) is 5.79 Å². The summed E-state index contributed by atoms with van der Waals surface area (Å²) in [5, 5.41) is 10.3. The Balaban J connectivity index is 2.33. The van der Waals surface area contributed by atoms with Crippen molar-refractivity contribution < 1.29 is 14.6 Å². The Hall–Kier alpha value is -0.120. The van der Waals surface area contributed by atoms with Crippen molar-refractivity contribution in [3.63, 3.8) is 0 Å². The monoisotopic (exact) mass is 172 g/mol. The average molecular weight is 172 g/mol. The zero-order valence-electron chi connectivity index (χ0n) is 7.67. The highest BCUT2D eigenvalue weighted by molar-refractivity contribution is 5.07. The second-order valence-electron chi connectivity index (χ2n) is 3.95. The minimum Gasteiger partial charge on any atom is -0.384 e. The van der Waals surface area contributed by atoms with Gasteiger partial charge in [-0.15, -0.1) is 0 Å². The van der Waals surface area contributed by atoms with Crippen LogP contribution in [0.5, 0.6) is 0 Å². The number of fused-ring (bicyclic) bond motifs is 1. The summed E-state index contributed by atoms with van der Waals surface area (Å²) in [6, 6.07) is 0. The first kappa shape index (κ1) is 8.48.